The van der Waals surface area contributed by atoms with Crippen LogP contribution in [0.2, 0.25) is 0 Å². The van der Waals surface area contributed by atoms with E-state index in [1.54, 1.807) is 4.90 Å². The first-order valence-corrected chi connectivity index (χ1v) is 12.9. The summed E-state index contributed by atoms with van der Waals surface area (Å²) in [6, 6.07) is 14.8. The number of carbonyl (C=O) groups excluding carboxylic acids is 1. The van der Waals surface area contributed by atoms with Crippen molar-refractivity contribution in [2.75, 3.05) is 39.4 Å². The number of benzene rings is 2. The Morgan fingerprint density at radius 1 is 0.725 bits per heavy atom. The highest BCUT2D eigenvalue weighted by molar-refractivity contribution is 5.72. The molecule has 3 N–H and O–H groups in total. The number of carboxylic acid groups (broad SMARTS) is 1. The topological polar surface area (TPSA) is 162 Å². The van der Waals surface area contributed by atoms with Crippen LogP contribution in [-0.4, -0.2) is 102 Å². The Kier molecular flexibility index (Phi) is 11.1. The van der Waals surface area contributed by atoms with Gasteiger partial charge in [0, 0.05) is 37.3 Å². The maximum absolute atomic E-state index is 12.2. The number of aliphatic carboxylic acids is 1. The zero-order chi connectivity index (χ0) is 29.1. The van der Waals surface area contributed by atoms with Gasteiger partial charge in [0.05, 0.1) is 26.3 Å². The summed E-state index contributed by atoms with van der Waals surface area (Å²) >= 11 is 0. The number of hydrogen-bond donors (Lipinski definition) is 3. The van der Waals surface area contributed by atoms with Crippen LogP contribution in [0, 0.1) is 0 Å². The second-order valence-electron chi connectivity index (χ2n) is 10.3. The van der Waals surface area contributed by atoms with Crippen LogP contribution in [0.3, 0.4) is 0 Å². The van der Waals surface area contributed by atoms with E-state index in [-0.39, 0.29) is 38.8 Å². The number of ether oxygens (including phenoxy) is 1. The zero-order valence-corrected chi connectivity index (χ0v) is 23.0. The standard InChI is InChI=1S/C28H36N6O6/c1-28(2,3)40-25(39)19-34(13-15-36)17-21-6-10-23(11-7-21)27-31-29-26(30-32-27)22-8-4-20(5-9-22)16-33(12-14-35)18-24(37)38/h4-11,35-36H,12-19H2,1-3H3,(H,37,38). The Labute approximate surface area is 233 Å². The van der Waals surface area contributed by atoms with Crippen LogP contribution in [-0.2, 0) is 27.4 Å². The Balaban J connectivity index is 1.62. The third-order valence-corrected chi connectivity index (χ3v) is 5.68. The first kappa shape index (κ1) is 30.7. The predicted molar refractivity (Wildman–Crippen MR) is 147 cm³/mol. The van der Waals surface area contributed by atoms with E-state index < -0.39 is 11.6 Å². The van der Waals surface area contributed by atoms with Gasteiger partial charge in [-0.15, -0.1) is 20.4 Å². The maximum atomic E-state index is 12.2. The van der Waals surface area contributed by atoms with Gasteiger partial charge in [0.25, 0.3) is 0 Å². The van der Waals surface area contributed by atoms with Crippen molar-refractivity contribution in [1.82, 2.24) is 30.2 Å². The summed E-state index contributed by atoms with van der Waals surface area (Å²) in [5, 5.41) is 44.4. The van der Waals surface area contributed by atoms with Crippen molar-refractivity contribution in [2.45, 2.75) is 39.5 Å². The lowest BCUT2D eigenvalue weighted by Crippen LogP contribution is -2.36. The molecule has 12 heteroatoms. The molecule has 2 aromatic carbocycles. The van der Waals surface area contributed by atoms with Crippen molar-refractivity contribution in [3.8, 4) is 22.8 Å². The molecule has 0 saturated heterocycles. The summed E-state index contributed by atoms with van der Waals surface area (Å²) < 4.78 is 5.39. The average Bonchev–Trinajstić information content (AvgIpc) is 2.88. The lowest BCUT2D eigenvalue weighted by Gasteiger charge is -2.24. The lowest BCUT2D eigenvalue weighted by atomic mass is 10.1. The molecule has 0 spiro atoms. The minimum Gasteiger partial charge on any atom is -0.480 e. The summed E-state index contributed by atoms with van der Waals surface area (Å²) in [5.41, 5.74) is 2.70. The van der Waals surface area contributed by atoms with E-state index >= 15 is 0 Å². The molecular formula is C28H36N6O6. The Morgan fingerprint density at radius 3 is 1.48 bits per heavy atom. The third-order valence-electron chi connectivity index (χ3n) is 5.68. The minimum absolute atomic E-state index is 0.0717. The SMILES string of the molecule is CC(C)(C)OC(=O)CN(CCO)Cc1ccc(-c2nnc(-c3ccc(CN(CCO)CC(=O)O)cc3)nn2)cc1. The van der Waals surface area contributed by atoms with Crippen LogP contribution in [0.5, 0.6) is 0 Å². The second kappa shape index (κ2) is 14.5. The van der Waals surface area contributed by atoms with Gasteiger partial charge < -0.3 is 20.1 Å². The van der Waals surface area contributed by atoms with Gasteiger partial charge in [-0.2, -0.15) is 0 Å². The van der Waals surface area contributed by atoms with E-state index in [0.29, 0.717) is 36.8 Å². The molecule has 0 aliphatic rings. The summed E-state index contributed by atoms with van der Waals surface area (Å²) in [6.45, 7) is 6.61. The van der Waals surface area contributed by atoms with E-state index in [1.165, 1.54) is 0 Å². The highest BCUT2D eigenvalue weighted by Crippen LogP contribution is 2.19. The summed E-state index contributed by atoms with van der Waals surface area (Å²) in [4.78, 5) is 26.7. The molecule has 12 nitrogen and oxygen atoms in total. The Bertz CT molecular complexity index is 1230. The second-order valence-corrected chi connectivity index (χ2v) is 10.3. The van der Waals surface area contributed by atoms with Gasteiger partial charge >= 0.3 is 11.9 Å². The molecule has 0 amide bonds. The quantitative estimate of drug-likeness (QED) is 0.248. The normalized spacial score (nSPS) is 11.7. The molecule has 3 rings (SSSR count). The third kappa shape index (κ3) is 10.0. The van der Waals surface area contributed by atoms with Gasteiger partial charge in [-0.1, -0.05) is 48.5 Å². The van der Waals surface area contributed by atoms with Crippen LogP contribution in [0.1, 0.15) is 31.9 Å². The predicted octanol–water partition coefficient (Wildman–Crippen LogP) is 1.62. The van der Waals surface area contributed by atoms with Gasteiger partial charge in [-0.05, 0) is 31.9 Å². The number of aliphatic hydroxyl groups excluding tert-OH is 2. The van der Waals surface area contributed by atoms with Crippen LogP contribution >= 0.6 is 0 Å². The molecule has 40 heavy (non-hydrogen) atoms. The molecule has 3 aromatic rings. The summed E-state index contributed by atoms with van der Waals surface area (Å²) in [6.07, 6.45) is 0. The Hall–Kier alpha value is -3.84. The maximum Gasteiger partial charge on any atom is 0.320 e. The molecule has 214 valence electrons. The van der Waals surface area contributed by atoms with E-state index in [4.69, 9.17) is 14.9 Å². The van der Waals surface area contributed by atoms with Crippen molar-refractivity contribution in [2.24, 2.45) is 0 Å². The number of aromatic nitrogens is 4. The fourth-order valence-electron chi connectivity index (χ4n) is 3.95. The number of hydrogen-bond acceptors (Lipinski definition) is 11. The number of rotatable bonds is 14. The largest absolute Gasteiger partial charge is 0.480 e. The molecule has 0 atom stereocenters. The van der Waals surface area contributed by atoms with E-state index in [0.717, 1.165) is 16.7 Å². The van der Waals surface area contributed by atoms with Crippen molar-refractivity contribution in [1.29, 1.82) is 0 Å². The molecule has 0 radical (unpaired) electrons. The fourth-order valence-corrected chi connectivity index (χ4v) is 3.95. The smallest absolute Gasteiger partial charge is 0.320 e. The first-order valence-electron chi connectivity index (χ1n) is 12.9. The molecule has 0 aliphatic heterocycles. The average molecular weight is 553 g/mol. The molecule has 0 saturated carbocycles. The molecule has 0 fully saturated rings. The number of nitrogens with zero attached hydrogens (tertiary/aromatic N) is 6. The lowest BCUT2D eigenvalue weighted by molar-refractivity contribution is -0.156. The highest BCUT2D eigenvalue weighted by atomic mass is 16.6. The van der Waals surface area contributed by atoms with Gasteiger partial charge in [0.15, 0.2) is 0 Å². The fraction of sp³-hybridized carbons (Fsp3) is 0.429. The van der Waals surface area contributed by atoms with Crippen molar-refractivity contribution < 1.29 is 29.6 Å². The number of esters is 1. The van der Waals surface area contributed by atoms with Crippen LogP contribution in [0.25, 0.3) is 22.8 Å². The van der Waals surface area contributed by atoms with Crippen LogP contribution in [0.15, 0.2) is 48.5 Å². The van der Waals surface area contributed by atoms with E-state index in [1.807, 2.05) is 74.2 Å². The van der Waals surface area contributed by atoms with Gasteiger partial charge in [0.2, 0.25) is 11.6 Å². The number of carbonyl (C=O) groups is 2. The number of aliphatic hydroxyl groups is 2. The van der Waals surface area contributed by atoms with E-state index in [2.05, 4.69) is 20.4 Å². The van der Waals surface area contributed by atoms with Gasteiger partial charge in [0.1, 0.15) is 5.60 Å². The van der Waals surface area contributed by atoms with Crippen molar-refractivity contribution in [3.63, 3.8) is 0 Å². The van der Waals surface area contributed by atoms with Crippen LogP contribution in [0.4, 0.5) is 0 Å². The summed E-state index contributed by atoms with van der Waals surface area (Å²) in [7, 11) is 0. The Morgan fingerprint density at radius 2 is 1.12 bits per heavy atom. The molecular weight excluding hydrogens is 516 g/mol. The molecule has 0 bridgehead atoms. The van der Waals surface area contributed by atoms with Crippen molar-refractivity contribution in [3.05, 3.63) is 59.7 Å². The summed E-state index contributed by atoms with van der Waals surface area (Å²) in [5.74, 6) is -0.584. The molecule has 0 aliphatic carbocycles. The minimum atomic E-state index is -0.952. The monoisotopic (exact) mass is 552 g/mol. The molecule has 1 heterocycles. The van der Waals surface area contributed by atoms with E-state index in [9.17, 15) is 14.7 Å². The molecule has 1 aromatic heterocycles. The van der Waals surface area contributed by atoms with Crippen molar-refractivity contribution >= 4 is 11.9 Å². The zero-order valence-electron chi connectivity index (χ0n) is 23.0. The van der Waals surface area contributed by atoms with Gasteiger partial charge in [-0.25, -0.2) is 0 Å². The molecule has 0 unspecified atom stereocenters. The number of carboxylic acids is 1. The highest BCUT2D eigenvalue weighted by Gasteiger charge is 2.19. The van der Waals surface area contributed by atoms with Crippen LogP contribution < -0.4 is 0 Å². The van der Waals surface area contributed by atoms with Gasteiger partial charge in [-0.3, -0.25) is 19.4 Å². The first-order chi connectivity index (χ1) is 19.1.